The number of aromatic nitrogens is 1. The van der Waals surface area contributed by atoms with Gasteiger partial charge in [0, 0.05) is 25.5 Å². The molecule has 0 saturated heterocycles. The maximum absolute atomic E-state index is 5.99. The molecule has 106 valence electrons. The van der Waals surface area contributed by atoms with Crippen LogP contribution < -0.4 is 5.32 Å². The van der Waals surface area contributed by atoms with E-state index in [0.717, 1.165) is 13.0 Å². The van der Waals surface area contributed by atoms with Crippen LogP contribution in [-0.4, -0.2) is 30.3 Å². The fourth-order valence-corrected chi connectivity index (χ4v) is 3.29. The highest BCUT2D eigenvalue weighted by Crippen LogP contribution is 2.35. The Bertz CT molecular complexity index is 360. The molecule has 1 aromatic heterocycles. The van der Waals surface area contributed by atoms with E-state index in [2.05, 4.69) is 29.4 Å². The minimum Gasteiger partial charge on any atom is -0.377 e. The zero-order valence-corrected chi connectivity index (χ0v) is 12.2. The zero-order chi connectivity index (χ0) is 13.6. The van der Waals surface area contributed by atoms with Crippen LogP contribution in [-0.2, 0) is 11.2 Å². The van der Waals surface area contributed by atoms with Crippen molar-refractivity contribution in [3.63, 3.8) is 0 Å². The molecule has 0 aliphatic heterocycles. The molecule has 1 atom stereocenters. The van der Waals surface area contributed by atoms with Gasteiger partial charge in [-0.2, -0.15) is 0 Å². The first-order valence-electron chi connectivity index (χ1n) is 7.48. The summed E-state index contributed by atoms with van der Waals surface area (Å²) in [4.78, 5) is 4.10. The monoisotopic (exact) mass is 262 g/mol. The fraction of sp³-hybridized carbons (Fsp3) is 0.688. The van der Waals surface area contributed by atoms with Crippen molar-refractivity contribution < 1.29 is 4.74 Å². The van der Waals surface area contributed by atoms with Crippen LogP contribution in [0.5, 0.6) is 0 Å². The van der Waals surface area contributed by atoms with E-state index in [1.807, 2.05) is 19.5 Å². The van der Waals surface area contributed by atoms with Crippen LogP contribution in [0.4, 0.5) is 0 Å². The predicted octanol–water partition coefficient (Wildman–Crippen LogP) is 2.95. The molecule has 1 aliphatic carbocycles. The third-order valence-corrected chi connectivity index (χ3v) is 4.38. The summed E-state index contributed by atoms with van der Waals surface area (Å²) < 4.78 is 5.99. The average Bonchev–Trinajstić information content (AvgIpc) is 2.48. The lowest BCUT2D eigenvalue weighted by Gasteiger charge is -2.43. The molecular weight excluding hydrogens is 236 g/mol. The van der Waals surface area contributed by atoms with Crippen LogP contribution in [0.15, 0.2) is 24.5 Å². The Labute approximate surface area is 116 Å². The van der Waals surface area contributed by atoms with Gasteiger partial charge in [-0.25, -0.2) is 0 Å². The van der Waals surface area contributed by atoms with Crippen molar-refractivity contribution in [3.05, 3.63) is 30.1 Å². The quantitative estimate of drug-likeness (QED) is 0.856. The first kappa shape index (κ1) is 14.5. The smallest absolute Gasteiger partial charge is 0.0834 e. The van der Waals surface area contributed by atoms with Gasteiger partial charge in [0.25, 0.3) is 0 Å². The highest BCUT2D eigenvalue weighted by molar-refractivity contribution is 5.14. The number of rotatable bonds is 6. The summed E-state index contributed by atoms with van der Waals surface area (Å²) in [5.41, 5.74) is 1.35. The molecule has 1 unspecified atom stereocenters. The molecular formula is C16H26N2O. The van der Waals surface area contributed by atoms with Crippen molar-refractivity contribution in [2.45, 2.75) is 57.1 Å². The fourth-order valence-electron chi connectivity index (χ4n) is 3.29. The number of hydrogen-bond donors (Lipinski definition) is 1. The Morgan fingerprint density at radius 2 is 1.95 bits per heavy atom. The summed E-state index contributed by atoms with van der Waals surface area (Å²) in [7, 11) is 1.88. The lowest BCUT2D eigenvalue weighted by molar-refractivity contribution is -0.0669. The predicted molar refractivity (Wildman–Crippen MR) is 78.2 cm³/mol. The molecule has 19 heavy (non-hydrogen) atoms. The van der Waals surface area contributed by atoms with E-state index >= 15 is 0 Å². The standard InChI is InChI=1S/C16H26N2O/c1-3-18-15(13-14-7-11-17-12-8-14)16(19-2)9-5-4-6-10-16/h7-8,11-12,15,18H,3-6,9-10,13H2,1-2H3. The normalized spacial score (nSPS) is 20.1. The van der Waals surface area contributed by atoms with Crippen molar-refractivity contribution in [1.82, 2.24) is 10.3 Å². The molecule has 3 heteroatoms. The van der Waals surface area contributed by atoms with Crippen molar-refractivity contribution in [1.29, 1.82) is 0 Å². The molecule has 1 N–H and O–H groups in total. The van der Waals surface area contributed by atoms with Gasteiger partial charge in [-0.1, -0.05) is 26.2 Å². The molecule has 2 rings (SSSR count). The van der Waals surface area contributed by atoms with E-state index in [9.17, 15) is 0 Å². The van der Waals surface area contributed by atoms with Crippen LogP contribution in [0.2, 0.25) is 0 Å². The molecule has 0 aromatic carbocycles. The highest BCUT2D eigenvalue weighted by atomic mass is 16.5. The average molecular weight is 262 g/mol. The van der Waals surface area contributed by atoms with E-state index in [4.69, 9.17) is 4.74 Å². The minimum absolute atomic E-state index is 0.0114. The Hall–Kier alpha value is -0.930. The Kier molecular flexibility index (Phi) is 5.34. The van der Waals surface area contributed by atoms with Crippen LogP contribution >= 0.6 is 0 Å². The number of likely N-dealkylation sites (N-methyl/N-ethyl adjacent to an activating group) is 1. The van der Waals surface area contributed by atoms with Gasteiger partial charge in [-0.15, -0.1) is 0 Å². The summed E-state index contributed by atoms with van der Waals surface area (Å²) in [5.74, 6) is 0. The molecule has 1 saturated carbocycles. The molecule has 0 spiro atoms. The largest absolute Gasteiger partial charge is 0.377 e. The summed E-state index contributed by atoms with van der Waals surface area (Å²) >= 11 is 0. The Morgan fingerprint density at radius 1 is 1.26 bits per heavy atom. The topological polar surface area (TPSA) is 34.2 Å². The second-order valence-electron chi connectivity index (χ2n) is 5.50. The molecule has 0 amide bonds. The maximum atomic E-state index is 5.99. The van der Waals surface area contributed by atoms with E-state index in [-0.39, 0.29) is 5.60 Å². The van der Waals surface area contributed by atoms with Gasteiger partial charge in [-0.05, 0) is 43.5 Å². The molecule has 1 heterocycles. The molecule has 0 radical (unpaired) electrons. The maximum Gasteiger partial charge on any atom is 0.0834 e. The van der Waals surface area contributed by atoms with E-state index in [0.29, 0.717) is 6.04 Å². The third-order valence-electron chi connectivity index (χ3n) is 4.38. The highest BCUT2D eigenvalue weighted by Gasteiger charge is 2.39. The minimum atomic E-state index is 0.0114. The van der Waals surface area contributed by atoms with Crippen LogP contribution in [0.3, 0.4) is 0 Å². The third kappa shape index (κ3) is 3.54. The van der Waals surface area contributed by atoms with E-state index in [1.54, 1.807) is 0 Å². The molecule has 1 aromatic rings. The van der Waals surface area contributed by atoms with Gasteiger partial charge in [0.1, 0.15) is 0 Å². The number of nitrogens with zero attached hydrogens (tertiary/aromatic N) is 1. The van der Waals surface area contributed by atoms with Crippen molar-refractivity contribution in [2.75, 3.05) is 13.7 Å². The van der Waals surface area contributed by atoms with Crippen molar-refractivity contribution >= 4 is 0 Å². The summed E-state index contributed by atoms with van der Waals surface area (Å²) in [6.07, 6.45) is 11.0. The van der Waals surface area contributed by atoms with Gasteiger partial charge in [-0.3, -0.25) is 4.98 Å². The van der Waals surface area contributed by atoms with Gasteiger partial charge in [0.05, 0.1) is 5.60 Å². The molecule has 1 fully saturated rings. The summed E-state index contributed by atoms with van der Waals surface area (Å²) in [6.45, 7) is 3.16. The lowest BCUT2D eigenvalue weighted by Crippen LogP contribution is -2.54. The van der Waals surface area contributed by atoms with Crippen LogP contribution in [0.1, 0.15) is 44.6 Å². The number of nitrogens with one attached hydrogen (secondary N) is 1. The first-order chi connectivity index (χ1) is 9.30. The van der Waals surface area contributed by atoms with Gasteiger partial charge in [0.2, 0.25) is 0 Å². The van der Waals surface area contributed by atoms with Crippen molar-refractivity contribution in [2.24, 2.45) is 0 Å². The SMILES string of the molecule is CCNC(Cc1ccncc1)C1(OC)CCCCC1. The summed E-state index contributed by atoms with van der Waals surface area (Å²) in [5, 5.41) is 3.65. The Balaban J connectivity index is 2.13. The molecule has 3 nitrogen and oxygen atoms in total. The summed E-state index contributed by atoms with van der Waals surface area (Å²) in [6, 6.07) is 4.61. The number of methoxy groups -OCH3 is 1. The van der Waals surface area contributed by atoms with Gasteiger partial charge in [0.15, 0.2) is 0 Å². The first-order valence-corrected chi connectivity index (χ1v) is 7.48. The van der Waals surface area contributed by atoms with Gasteiger partial charge >= 0.3 is 0 Å². The lowest BCUT2D eigenvalue weighted by atomic mass is 9.77. The molecule has 0 bridgehead atoms. The number of pyridine rings is 1. The zero-order valence-electron chi connectivity index (χ0n) is 12.2. The number of ether oxygens (including phenoxy) is 1. The molecule has 1 aliphatic rings. The van der Waals surface area contributed by atoms with Crippen molar-refractivity contribution in [3.8, 4) is 0 Å². The van der Waals surface area contributed by atoms with Crippen LogP contribution in [0.25, 0.3) is 0 Å². The van der Waals surface area contributed by atoms with Gasteiger partial charge < -0.3 is 10.1 Å². The number of hydrogen-bond acceptors (Lipinski definition) is 3. The van der Waals surface area contributed by atoms with E-state index in [1.165, 1.54) is 37.7 Å². The van der Waals surface area contributed by atoms with E-state index < -0.39 is 0 Å². The Morgan fingerprint density at radius 3 is 2.53 bits per heavy atom. The second kappa shape index (κ2) is 7.01. The second-order valence-corrected chi connectivity index (χ2v) is 5.50. The van der Waals surface area contributed by atoms with Crippen LogP contribution in [0, 0.1) is 0 Å².